The van der Waals surface area contributed by atoms with Crippen molar-refractivity contribution in [1.82, 2.24) is 14.8 Å². The van der Waals surface area contributed by atoms with Gasteiger partial charge in [0.25, 0.3) is 0 Å². The van der Waals surface area contributed by atoms with E-state index in [2.05, 4.69) is 10.1 Å². The second-order valence-corrected chi connectivity index (χ2v) is 4.07. The summed E-state index contributed by atoms with van der Waals surface area (Å²) in [5.41, 5.74) is 1.16. The Balaban J connectivity index is 2.50. The Morgan fingerprint density at radius 3 is 2.87 bits per heavy atom. The lowest BCUT2D eigenvalue weighted by Gasteiger charge is -1.97. The number of hydrogen-bond acceptors (Lipinski definition) is 4. The van der Waals surface area contributed by atoms with E-state index in [-0.39, 0.29) is 5.01 Å². The zero-order valence-corrected chi connectivity index (χ0v) is 9.21. The Morgan fingerprint density at radius 1 is 1.67 bits per heavy atom. The van der Waals surface area contributed by atoms with E-state index in [0.29, 0.717) is 16.4 Å². The van der Waals surface area contributed by atoms with Gasteiger partial charge in [-0.05, 0) is 0 Å². The first kappa shape index (κ1) is 10.1. The highest BCUT2D eigenvalue weighted by atomic mass is 35.5. The molecular weight excluding hydrogens is 238 g/mol. The Bertz CT molecular complexity index is 500. The third-order valence-electron chi connectivity index (χ3n) is 1.82. The average molecular weight is 244 g/mol. The first-order valence-corrected chi connectivity index (χ1v) is 5.22. The summed E-state index contributed by atoms with van der Waals surface area (Å²) in [7, 11) is 1.72. The SMILES string of the molecule is Cn1ncc(Cl)c1-c1csc(C(=O)O)n1. The summed E-state index contributed by atoms with van der Waals surface area (Å²) in [4.78, 5) is 14.6. The summed E-state index contributed by atoms with van der Waals surface area (Å²) in [6.07, 6.45) is 1.50. The normalized spacial score (nSPS) is 10.5. The molecule has 0 saturated heterocycles. The molecule has 78 valence electrons. The van der Waals surface area contributed by atoms with Crippen molar-refractivity contribution in [2.24, 2.45) is 7.05 Å². The zero-order chi connectivity index (χ0) is 11.0. The van der Waals surface area contributed by atoms with E-state index in [1.54, 1.807) is 17.1 Å². The molecule has 0 aromatic carbocycles. The summed E-state index contributed by atoms with van der Waals surface area (Å²) >= 11 is 6.97. The molecule has 0 atom stereocenters. The predicted molar refractivity (Wildman–Crippen MR) is 56.3 cm³/mol. The fraction of sp³-hybridized carbons (Fsp3) is 0.125. The molecule has 2 rings (SSSR count). The summed E-state index contributed by atoms with van der Waals surface area (Å²) in [5.74, 6) is -1.04. The minimum absolute atomic E-state index is 0.0438. The van der Waals surface area contributed by atoms with Gasteiger partial charge in [0.05, 0.1) is 11.2 Å². The smallest absolute Gasteiger partial charge is 0.365 e. The van der Waals surface area contributed by atoms with Crippen LogP contribution in [0.3, 0.4) is 0 Å². The minimum atomic E-state index is -1.04. The first-order valence-electron chi connectivity index (χ1n) is 3.96. The maximum Gasteiger partial charge on any atom is 0.365 e. The van der Waals surface area contributed by atoms with Gasteiger partial charge in [-0.2, -0.15) is 5.10 Å². The third-order valence-corrected chi connectivity index (χ3v) is 2.93. The summed E-state index contributed by atoms with van der Waals surface area (Å²) < 4.78 is 1.56. The number of nitrogens with zero attached hydrogens (tertiary/aromatic N) is 3. The van der Waals surface area contributed by atoms with Crippen LogP contribution in [-0.2, 0) is 7.05 Å². The first-order chi connectivity index (χ1) is 7.09. The number of carboxylic acid groups (broad SMARTS) is 1. The highest BCUT2D eigenvalue weighted by molar-refractivity contribution is 7.11. The fourth-order valence-corrected chi connectivity index (χ4v) is 2.08. The molecule has 0 amide bonds. The number of hydrogen-bond donors (Lipinski definition) is 1. The molecule has 0 unspecified atom stereocenters. The van der Waals surface area contributed by atoms with Crippen LogP contribution in [0.5, 0.6) is 0 Å². The van der Waals surface area contributed by atoms with E-state index >= 15 is 0 Å². The van der Waals surface area contributed by atoms with Gasteiger partial charge in [0, 0.05) is 12.4 Å². The summed E-state index contributed by atoms with van der Waals surface area (Å²) in [6.45, 7) is 0. The van der Waals surface area contributed by atoms with E-state index in [4.69, 9.17) is 16.7 Å². The van der Waals surface area contributed by atoms with Crippen molar-refractivity contribution < 1.29 is 9.90 Å². The maximum atomic E-state index is 10.6. The number of rotatable bonds is 2. The van der Waals surface area contributed by atoms with Crippen molar-refractivity contribution in [1.29, 1.82) is 0 Å². The highest BCUT2D eigenvalue weighted by Crippen LogP contribution is 2.27. The standard InChI is InChI=1S/C8H6ClN3O2S/c1-12-6(4(9)2-10-12)5-3-15-7(11-5)8(13)14/h2-3H,1H3,(H,13,14). The van der Waals surface area contributed by atoms with Gasteiger partial charge in [-0.1, -0.05) is 11.6 Å². The molecule has 0 aliphatic heterocycles. The van der Waals surface area contributed by atoms with Crippen molar-refractivity contribution >= 4 is 28.9 Å². The van der Waals surface area contributed by atoms with Crippen molar-refractivity contribution in [3.8, 4) is 11.4 Å². The van der Waals surface area contributed by atoms with E-state index in [1.165, 1.54) is 6.20 Å². The van der Waals surface area contributed by atoms with Gasteiger partial charge in [0.2, 0.25) is 5.01 Å². The molecule has 0 bridgehead atoms. The zero-order valence-electron chi connectivity index (χ0n) is 7.64. The summed E-state index contributed by atoms with van der Waals surface area (Å²) in [5, 5.41) is 14.8. The largest absolute Gasteiger partial charge is 0.476 e. The summed E-state index contributed by atoms with van der Waals surface area (Å²) in [6, 6.07) is 0. The average Bonchev–Trinajstić information content (AvgIpc) is 2.73. The molecule has 2 aromatic heterocycles. The molecule has 0 saturated carbocycles. The predicted octanol–water partition coefficient (Wildman–Crippen LogP) is 1.90. The van der Waals surface area contributed by atoms with Gasteiger partial charge >= 0.3 is 5.97 Å². The molecule has 2 aromatic rings. The highest BCUT2D eigenvalue weighted by Gasteiger charge is 2.15. The Morgan fingerprint density at radius 2 is 2.40 bits per heavy atom. The van der Waals surface area contributed by atoms with Crippen LogP contribution in [0.2, 0.25) is 5.02 Å². The van der Waals surface area contributed by atoms with E-state index in [9.17, 15) is 4.79 Å². The number of aryl methyl sites for hydroxylation is 1. The lowest BCUT2D eigenvalue weighted by molar-refractivity contribution is 0.0696. The molecule has 0 aliphatic rings. The molecule has 15 heavy (non-hydrogen) atoms. The van der Waals surface area contributed by atoms with Crippen LogP contribution >= 0.6 is 22.9 Å². The molecule has 0 fully saturated rings. The van der Waals surface area contributed by atoms with Crippen LogP contribution in [0.25, 0.3) is 11.4 Å². The van der Waals surface area contributed by atoms with Gasteiger partial charge in [-0.15, -0.1) is 11.3 Å². The van der Waals surface area contributed by atoms with Gasteiger partial charge < -0.3 is 5.11 Å². The van der Waals surface area contributed by atoms with Crippen LogP contribution in [0, 0.1) is 0 Å². The molecule has 7 heteroatoms. The van der Waals surface area contributed by atoms with Crippen molar-refractivity contribution in [2.75, 3.05) is 0 Å². The van der Waals surface area contributed by atoms with Gasteiger partial charge in [0.1, 0.15) is 11.4 Å². The van der Waals surface area contributed by atoms with Gasteiger partial charge in [-0.3, -0.25) is 4.68 Å². The maximum absolute atomic E-state index is 10.6. The second kappa shape index (κ2) is 3.63. The molecule has 0 radical (unpaired) electrons. The van der Waals surface area contributed by atoms with Crippen LogP contribution < -0.4 is 0 Å². The number of carboxylic acids is 1. The monoisotopic (exact) mass is 243 g/mol. The van der Waals surface area contributed by atoms with Crippen LogP contribution in [0.1, 0.15) is 9.80 Å². The number of thiazole rings is 1. The van der Waals surface area contributed by atoms with Crippen molar-refractivity contribution in [3.63, 3.8) is 0 Å². The number of aromatic carboxylic acids is 1. The molecular formula is C8H6ClN3O2S. The van der Waals surface area contributed by atoms with Gasteiger partial charge in [-0.25, -0.2) is 9.78 Å². The fourth-order valence-electron chi connectivity index (χ4n) is 1.18. The topological polar surface area (TPSA) is 68.0 Å². The molecule has 0 spiro atoms. The number of aromatic nitrogens is 3. The van der Waals surface area contributed by atoms with Crippen LogP contribution in [-0.4, -0.2) is 25.8 Å². The minimum Gasteiger partial charge on any atom is -0.476 e. The Kier molecular flexibility index (Phi) is 2.45. The van der Waals surface area contributed by atoms with Gasteiger partial charge in [0.15, 0.2) is 0 Å². The molecule has 0 aliphatic carbocycles. The van der Waals surface area contributed by atoms with E-state index in [1.807, 2.05) is 0 Å². The lowest BCUT2D eigenvalue weighted by Crippen LogP contribution is -1.97. The van der Waals surface area contributed by atoms with Crippen molar-refractivity contribution in [3.05, 3.63) is 21.6 Å². The second-order valence-electron chi connectivity index (χ2n) is 2.81. The van der Waals surface area contributed by atoms with E-state index < -0.39 is 5.97 Å². The Labute approximate surface area is 93.9 Å². The van der Waals surface area contributed by atoms with E-state index in [0.717, 1.165) is 11.3 Å². The third kappa shape index (κ3) is 1.73. The number of carbonyl (C=O) groups is 1. The van der Waals surface area contributed by atoms with Crippen LogP contribution in [0.4, 0.5) is 0 Å². The molecule has 2 heterocycles. The molecule has 1 N–H and O–H groups in total. The number of halogens is 1. The molecule has 5 nitrogen and oxygen atoms in total. The van der Waals surface area contributed by atoms with Crippen LogP contribution in [0.15, 0.2) is 11.6 Å². The lowest BCUT2D eigenvalue weighted by atomic mass is 10.3. The quantitative estimate of drug-likeness (QED) is 0.875. The van der Waals surface area contributed by atoms with Crippen molar-refractivity contribution in [2.45, 2.75) is 0 Å². The Hall–Kier alpha value is -1.40.